The van der Waals surface area contributed by atoms with Crippen LogP contribution >= 0.6 is 0 Å². The van der Waals surface area contributed by atoms with Crippen molar-refractivity contribution in [2.75, 3.05) is 13.1 Å². The number of nitrogens with zero attached hydrogens (tertiary/aromatic N) is 1. The summed E-state index contributed by atoms with van der Waals surface area (Å²) in [7, 11) is 0. The van der Waals surface area contributed by atoms with E-state index in [1.54, 1.807) is 17.0 Å². The van der Waals surface area contributed by atoms with Crippen LogP contribution in [0.4, 0.5) is 4.79 Å². The van der Waals surface area contributed by atoms with Gasteiger partial charge in [0.1, 0.15) is 17.5 Å². The summed E-state index contributed by atoms with van der Waals surface area (Å²) in [6.07, 6.45) is 1.61. The number of carbonyl (C=O) groups is 3. The van der Waals surface area contributed by atoms with Gasteiger partial charge in [-0.15, -0.1) is 0 Å². The maximum absolute atomic E-state index is 13.0. The quantitative estimate of drug-likeness (QED) is 0.543. The lowest BCUT2D eigenvalue weighted by molar-refractivity contribution is -0.161. The Morgan fingerprint density at radius 3 is 2.38 bits per heavy atom. The van der Waals surface area contributed by atoms with Crippen LogP contribution in [0.15, 0.2) is 24.3 Å². The highest BCUT2D eigenvalue weighted by atomic mass is 16.6. The van der Waals surface area contributed by atoms with E-state index in [1.807, 2.05) is 53.7 Å². The molecule has 0 N–H and O–H groups in total. The van der Waals surface area contributed by atoms with Crippen molar-refractivity contribution in [2.24, 2.45) is 11.8 Å². The van der Waals surface area contributed by atoms with Crippen LogP contribution in [-0.2, 0) is 20.7 Å². The molecule has 2 atom stereocenters. The minimum Gasteiger partial charge on any atom is -0.460 e. The molecule has 0 bridgehead atoms. The van der Waals surface area contributed by atoms with Crippen LogP contribution in [0.2, 0.25) is 0 Å². The van der Waals surface area contributed by atoms with Crippen LogP contribution in [0.25, 0.3) is 0 Å². The van der Waals surface area contributed by atoms with E-state index in [-0.39, 0.29) is 18.0 Å². The molecule has 0 spiro atoms. The lowest BCUT2D eigenvalue weighted by atomic mass is 9.85. The fourth-order valence-electron chi connectivity index (χ4n) is 3.48. The fourth-order valence-corrected chi connectivity index (χ4v) is 3.48. The molecule has 1 aliphatic heterocycles. The van der Waals surface area contributed by atoms with Gasteiger partial charge in [-0.2, -0.15) is 0 Å². The lowest BCUT2D eigenvalue weighted by Crippen LogP contribution is -2.38. The van der Waals surface area contributed by atoms with Gasteiger partial charge >= 0.3 is 12.1 Å². The van der Waals surface area contributed by atoms with Crippen molar-refractivity contribution in [1.82, 2.24) is 4.90 Å². The van der Waals surface area contributed by atoms with E-state index in [0.717, 1.165) is 11.8 Å². The number of amides is 1. The van der Waals surface area contributed by atoms with E-state index < -0.39 is 17.1 Å². The average molecular weight is 404 g/mol. The number of carbonyl (C=O) groups excluding carboxylic acids is 3. The molecule has 2 rings (SSSR count). The van der Waals surface area contributed by atoms with E-state index in [9.17, 15) is 14.4 Å². The Morgan fingerprint density at radius 1 is 1.14 bits per heavy atom. The Bertz CT molecular complexity index is 744. The molecule has 160 valence electrons. The van der Waals surface area contributed by atoms with Crippen LogP contribution in [-0.4, -0.2) is 47.5 Å². The van der Waals surface area contributed by atoms with Gasteiger partial charge in [0.05, 0.1) is 5.92 Å². The molecule has 6 heteroatoms. The Kier molecular flexibility index (Phi) is 7.09. The highest BCUT2D eigenvalue weighted by Crippen LogP contribution is 2.30. The van der Waals surface area contributed by atoms with Crippen LogP contribution in [0.5, 0.6) is 0 Å². The Labute approximate surface area is 173 Å². The van der Waals surface area contributed by atoms with Gasteiger partial charge in [0.15, 0.2) is 0 Å². The summed E-state index contributed by atoms with van der Waals surface area (Å²) in [6, 6.07) is 7.25. The number of esters is 1. The molecule has 1 unspecified atom stereocenters. The van der Waals surface area contributed by atoms with E-state index in [4.69, 9.17) is 9.47 Å². The van der Waals surface area contributed by atoms with Gasteiger partial charge in [0.2, 0.25) is 0 Å². The van der Waals surface area contributed by atoms with Crippen molar-refractivity contribution >= 4 is 18.3 Å². The standard InChI is InChI=1S/C23H33NO5/c1-22(2,3)28-20(26)19(13-16-8-7-9-17(12-16)15-25)18-10-11-24(14-18)21(27)29-23(4,5)6/h7-9,12,15,18-19H,10-11,13-14H2,1-6H3/t18-,19?/m0/s1. The summed E-state index contributed by atoms with van der Waals surface area (Å²) < 4.78 is 11.1. The molecule has 1 saturated heterocycles. The third-order valence-electron chi connectivity index (χ3n) is 4.70. The number of rotatable bonds is 5. The molecule has 0 saturated carbocycles. The van der Waals surface area contributed by atoms with E-state index in [1.165, 1.54) is 0 Å². The molecule has 0 aliphatic carbocycles. The summed E-state index contributed by atoms with van der Waals surface area (Å²) in [4.78, 5) is 38.2. The Morgan fingerprint density at radius 2 is 1.79 bits per heavy atom. The predicted octanol–water partition coefficient (Wildman–Crippen LogP) is 4.26. The first kappa shape index (κ1) is 22.9. The molecule has 0 radical (unpaired) electrons. The minimum atomic E-state index is -0.594. The topological polar surface area (TPSA) is 72.9 Å². The first-order chi connectivity index (χ1) is 13.4. The van der Waals surface area contributed by atoms with Crippen molar-refractivity contribution in [3.8, 4) is 0 Å². The van der Waals surface area contributed by atoms with Gasteiger partial charge in [-0.3, -0.25) is 9.59 Å². The zero-order valence-corrected chi connectivity index (χ0v) is 18.4. The van der Waals surface area contributed by atoms with Gasteiger partial charge in [0.25, 0.3) is 0 Å². The van der Waals surface area contributed by atoms with Crippen LogP contribution in [0.1, 0.15) is 63.9 Å². The first-order valence-corrected chi connectivity index (χ1v) is 10.1. The highest BCUT2D eigenvalue weighted by molar-refractivity contribution is 5.76. The summed E-state index contributed by atoms with van der Waals surface area (Å²) in [6.45, 7) is 12.0. The van der Waals surface area contributed by atoms with Gasteiger partial charge < -0.3 is 14.4 Å². The Balaban J connectivity index is 2.18. The molecule has 6 nitrogen and oxygen atoms in total. The molecule has 1 aliphatic rings. The minimum absolute atomic E-state index is 0.0303. The van der Waals surface area contributed by atoms with Crippen LogP contribution < -0.4 is 0 Å². The highest BCUT2D eigenvalue weighted by Gasteiger charge is 2.39. The third kappa shape index (κ3) is 7.18. The fraction of sp³-hybridized carbons (Fsp3) is 0.609. The SMILES string of the molecule is CC(C)(C)OC(=O)C(Cc1cccc(C=O)c1)[C@H]1CCN(C(=O)OC(C)(C)C)C1. The zero-order valence-electron chi connectivity index (χ0n) is 18.4. The largest absolute Gasteiger partial charge is 0.460 e. The summed E-state index contributed by atoms with van der Waals surface area (Å²) in [5, 5.41) is 0. The normalized spacial score (nSPS) is 18.3. The summed E-state index contributed by atoms with van der Waals surface area (Å²) >= 11 is 0. The second-order valence-electron chi connectivity index (χ2n) is 9.68. The number of benzene rings is 1. The molecular weight excluding hydrogens is 370 g/mol. The Hall–Kier alpha value is -2.37. The number of likely N-dealkylation sites (tertiary alicyclic amines) is 1. The van der Waals surface area contributed by atoms with E-state index in [2.05, 4.69) is 0 Å². The van der Waals surface area contributed by atoms with Crippen LogP contribution in [0.3, 0.4) is 0 Å². The van der Waals surface area contributed by atoms with Crippen molar-refractivity contribution in [3.05, 3.63) is 35.4 Å². The molecule has 29 heavy (non-hydrogen) atoms. The number of hydrogen-bond acceptors (Lipinski definition) is 5. The molecule has 1 aromatic carbocycles. The van der Waals surface area contributed by atoms with Gasteiger partial charge in [0, 0.05) is 18.7 Å². The molecule has 0 aromatic heterocycles. The van der Waals surface area contributed by atoms with Gasteiger partial charge in [-0.05, 0) is 71.9 Å². The summed E-state index contributed by atoms with van der Waals surface area (Å²) in [5.74, 6) is -0.703. The number of aldehydes is 1. The first-order valence-electron chi connectivity index (χ1n) is 10.1. The monoisotopic (exact) mass is 403 g/mol. The predicted molar refractivity (Wildman–Crippen MR) is 111 cm³/mol. The van der Waals surface area contributed by atoms with Crippen LogP contribution in [0, 0.1) is 11.8 Å². The molecule has 1 amide bonds. The van der Waals surface area contributed by atoms with Crippen molar-refractivity contribution in [2.45, 2.75) is 65.6 Å². The van der Waals surface area contributed by atoms with E-state index >= 15 is 0 Å². The smallest absolute Gasteiger partial charge is 0.410 e. The van der Waals surface area contributed by atoms with Crippen molar-refractivity contribution < 1.29 is 23.9 Å². The van der Waals surface area contributed by atoms with Gasteiger partial charge in [-0.25, -0.2) is 4.79 Å². The second-order valence-corrected chi connectivity index (χ2v) is 9.68. The van der Waals surface area contributed by atoms with E-state index in [0.29, 0.717) is 31.5 Å². The number of ether oxygens (including phenoxy) is 2. The van der Waals surface area contributed by atoms with Crippen molar-refractivity contribution in [1.29, 1.82) is 0 Å². The molecule has 1 heterocycles. The second kappa shape index (κ2) is 8.97. The number of hydrogen-bond donors (Lipinski definition) is 0. The maximum atomic E-state index is 13.0. The average Bonchev–Trinajstić information content (AvgIpc) is 3.06. The van der Waals surface area contributed by atoms with Crippen molar-refractivity contribution in [3.63, 3.8) is 0 Å². The molecule has 1 aromatic rings. The third-order valence-corrected chi connectivity index (χ3v) is 4.70. The molecule has 1 fully saturated rings. The van der Waals surface area contributed by atoms with Gasteiger partial charge in [-0.1, -0.05) is 18.2 Å². The molecular formula is C23H33NO5. The zero-order chi connectivity index (χ0) is 21.8. The maximum Gasteiger partial charge on any atom is 0.410 e. The summed E-state index contributed by atoms with van der Waals surface area (Å²) in [5.41, 5.74) is 0.326. The lowest BCUT2D eigenvalue weighted by Gasteiger charge is -2.28.